The fourth-order valence-electron chi connectivity index (χ4n) is 3.08. The van der Waals surface area contributed by atoms with E-state index in [4.69, 9.17) is 5.53 Å². The first-order valence-electron chi connectivity index (χ1n) is 7.43. The van der Waals surface area contributed by atoms with Crippen LogP contribution in [0, 0.1) is 0 Å². The Kier molecular flexibility index (Phi) is 6.44. The van der Waals surface area contributed by atoms with Gasteiger partial charge in [0, 0.05) is 20.9 Å². The number of carboxylic acid groups (broad SMARTS) is 1. The largest absolute Gasteiger partial charge is 1.00 e. The number of carbonyl (C=O) groups excluding carboxylic acids is 3. The number of nitrogens with one attached hydrogen (secondary N) is 1. The van der Waals surface area contributed by atoms with Gasteiger partial charge in [0.05, 0.1) is 12.0 Å². The minimum atomic E-state index is -1.30. The normalized spacial score (nSPS) is 25.2. The van der Waals surface area contributed by atoms with Crippen molar-refractivity contribution in [1.82, 2.24) is 10.2 Å². The van der Waals surface area contributed by atoms with E-state index < -0.39 is 40.0 Å². The zero-order valence-corrected chi connectivity index (χ0v) is 18.3. The number of hydrogen-bond acceptors (Lipinski definition) is 6. The van der Waals surface area contributed by atoms with Crippen LogP contribution in [0.5, 0.6) is 0 Å². The molecule has 0 spiro atoms. The van der Waals surface area contributed by atoms with Crippen molar-refractivity contribution in [3.05, 3.63) is 40.3 Å². The number of carboxylic acids is 1. The first kappa shape index (κ1) is 21.2. The van der Waals surface area contributed by atoms with Crippen molar-refractivity contribution < 1.29 is 70.9 Å². The molecule has 26 heavy (non-hydrogen) atoms. The van der Waals surface area contributed by atoms with Crippen molar-refractivity contribution in [3.8, 4) is 0 Å². The molecule has 130 valence electrons. The summed E-state index contributed by atoms with van der Waals surface area (Å²) in [4.78, 5) is 39.9. The van der Waals surface area contributed by atoms with Crippen molar-refractivity contribution in [2.24, 2.45) is 5.11 Å². The third-order valence-electron chi connectivity index (χ3n) is 4.24. The van der Waals surface area contributed by atoms with Gasteiger partial charge in [-0.2, -0.15) is 0 Å². The van der Waals surface area contributed by atoms with Gasteiger partial charge in [-0.05, 0) is 31.5 Å². The number of azide groups is 1. The Morgan fingerprint density at radius 2 is 1.96 bits per heavy atom. The summed E-state index contributed by atoms with van der Waals surface area (Å²) < 4.78 is -0.699. The zero-order valence-electron chi connectivity index (χ0n) is 14.4. The van der Waals surface area contributed by atoms with E-state index >= 15 is 0 Å². The van der Waals surface area contributed by atoms with Crippen LogP contribution in [0.15, 0.2) is 29.4 Å². The van der Waals surface area contributed by atoms with Gasteiger partial charge < -0.3 is 20.1 Å². The molecule has 0 bridgehead atoms. The fraction of sp³-hybridized carbons (Fsp3) is 0.400. The molecule has 2 saturated heterocycles. The van der Waals surface area contributed by atoms with Crippen molar-refractivity contribution in [2.45, 2.75) is 36.1 Å². The Morgan fingerprint density at radius 1 is 1.35 bits per heavy atom. The maximum atomic E-state index is 12.3. The molecule has 2 amide bonds. The molecule has 2 aliphatic rings. The molecule has 0 unspecified atom stereocenters. The molecule has 0 aromatic heterocycles. The molecule has 2 fully saturated rings. The number of benzene rings is 1. The van der Waals surface area contributed by atoms with Crippen LogP contribution >= 0.6 is 11.8 Å². The smallest absolute Gasteiger partial charge is 0.548 e. The molecule has 2 heterocycles. The fourth-order valence-corrected chi connectivity index (χ4v) is 4.70. The Morgan fingerprint density at radius 3 is 2.50 bits per heavy atom. The Bertz CT molecular complexity index is 809. The van der Waals surface area contributed by atoms with Gasteiger partial charge in [-0.15, -0.1) is 11.8 Å². The predicted octanol–water partition coefficient (Wildman–Crippen LogP) is -2.46. The second-order valence-electron chi connectivity index (χ2n) is 6.27. The van der Waals surface area contributed by atoms with Crippen LogP contribution in [0.3, 0.4) is 0 Å². The summed E-state index contributed by atoms with van der Waals surface area (Å²) in [6.45, 7) is 3.47. The van der Waals surface area contributed by atoms with Gasteiger partial charge in [-0.25, -0.2) is 0 Å². The molecule has 11 heteroatoms. The summed E-state index contributed by atoms with van der Waals surface area (Å²) in [5.74, 6) is -2.19. The summed E-state index contributed by atoms with van der Waals surface area (Å²) in [5, 5.41) is 17.0. The third kappa shape index (κ3) is 3.65. The molecule has 0 saturated carbocycles. The number of thioether (sulfide) groups is 1. The second kappa shape index (κ2) is 7.89. The molecule has 3 rings (SSSR count). The number of β-lactam (4-membered cyclic amide) rings is 1. The van der Waals surface area contributed by atoms with E-state index in [-0.39, 0.29) is 51.4 Å². The van der Waals surface area contributed by atoms with Crippen LogP contribution in [0.25, 0.3) is 10.4 Å². The van der Waals surface area contributed by atoms with Crippen molar-refractivity contribution in [3.63, 3.8) is 0 Å². The van der Waals surface area contributed by atoms with E-state index in [2.05, 4.69) is 15.3 Å². The predicted molar refractivity (Wildman–Crippen MR) is 87.6 cm³/mol. The van der Waals surface area contributed by atoms with Gasteiger partial charge in [0.25, 0.3) is 5.91 Å². The Hall–Kier alpha value is -1.07. The van der Waals surface area contributed by atoms with Crippen LogP contribution in [-0.2, 0) is 9.59 Å². The SMILES string of the molecule is CC1(C)S[C@@H]2[C@H](NC(=O)c3ccc(N=[N+]=[N-])cc3)C(=O)N2[C@H]1C(=O)[O-].[K+]. The quantitative estimate of drug-likeness (QED) is 0.197. The van der Waals surface area contributed by atoms with Gasteiger partial charge in [0.1, 0.15) is 11.4 Å². The molecule has 9 nitrogen and oxygen atoms in total. The monoisotopic (exact) mass is 399 g/mol. The number of rotatable bonds is 4. The van der Waals surface area contributed by atoms with E-state index in [1.807, 2.05) is 0 Å². The first-order chi connectivity index (χ1) is 11.8. The molecule has 1 aromatic rings. The summed E-state index contributed by atoms with van der Waals surface area (Å²) >= 11 is 1.33. The number of hydrogen-bond donors (Lipinski definition) is 1. The van der Waals surface area contributed by atoms with Gasteiger partial charge in [-0.1, -0.05) is 17.2 Å². The number of aliphatic carboxylic acids is 1. The van der Waals surface area contributed by atoms with Crippen molar-refractivity contribution >= 4 is 35.2 Å². The van der Waals surface area contributed by atoms with Crippen LogP contribution in [0.2, 0.25) is 0 Å². The van der Waals surface area contributed by atoms with E-state index in [1.165, 1.54) is 40.9 Å². The molecule has 1 N–H and O–H groups in total. The maximum Gasteiger partial charge on any atom is 1.00 e. The van der Waals surface area contributed by atoms with Crippen molar-refractivity contribution in [2.75, 3.05) is 0 Å². The minimum absolute atomic E-state index is 0. The van der Waals surface area contributed by atoms with Crippen LogP contribution in [0.1, 0.15) is 24.2 Å². The molecule has 2 aliphatic heterocycles. The average Bonchev–Trinajstić information content (AvgIpc) is 2.81. The van der Waals surface area contributed by atoms with Gasteiger partial charge >= 0.3 is 51.4 Å². The molecular formula is C15H14KN5O4S. The van der Waals surface area contributed by atoms with Gasteiger partial charge in [-0.3, -0.25) is 9.59 Å². The summed E-state index contributed by atoms with van der Waals surface area (Å²) in [6, 6.07) is 4.14. The molecular weight excluding hydrogens is 385 g/mol. The van der Waals surface area contributed by atoms with E-state index in [0.29, 0.717) is 11.3 Å². The second-order valence-corrected chi connectivity index (χ2v) is 8.04. The molecule has 0 radical (unpaired) electrons. The van der Waals surface area contributed by atoms with Crippen LogP contribution < -0.4 is 61.8 Å². The van der Waals surface area contributed by atoms with Crippen LogP contribution in [-0.4, -0.2) is 44.9 Å². The maximum absolute atomic E-state index is 12.3. The molecule has 1 aromatic carbocycles. The Balaban J connectivity index is 0.00000243. The average molecular weight is 399 g/mol. The van der Waals surface area contributed by atoms with Gasteiger partial charge in [0.2, 0.25) is 5.91 Å². The molecule has 3 atom stereocenters. The Labute approximate surface area is 195 Å². The summed E-state index contributed by atoms with van der Waals surface area (Å²) in [6.07, 6.45) is 0. The summed E-state index contributed by atoms with van der Waals surface area (Å²) in [5.41, 5.74) is 9.04. The topological polar surface area (TPSA) is 138 Å². The van der Waals surface area contributed by atoms with E-state index in [9.17, 15) is 19.5 Å². The molecule has 0 aliphatic carbocycles. The van der Waals surface area contributed by atoms with Crippen molar-refractivity contribution in [1.29, 1.82) is 0 Å². The minimum Gasteiger partial charge on any atom is -0.548 e. The van der Waals surface area contributed by atoms with Crippen LogP contribution in [0.4, 0.5) is 5.69 Å². The number of nitrogens with zero attached hydrogens (tertiary/aromatic N) is 4. The first-order valence-corrected chi connectivity index (χ1v) is 8.31. The standard InChI is InChI=1S/C15H15N5O4S.K/c1-15(2)10(14(23)24)20-12(22)9(13(20)25-15)17-11(21)7-3-5-8(6-4-7)18-19-16;/h3-6,9-10,13H,1-2H3,(H,17,21)(H,23,24);/q;+1/p-1/t9-,10+,13-;/m1./s1. The zero-order chi connectivity index (χ0) is 18.4. The van der Waals surface area contributed by atoms with E-state index in [0.717, 1.165) is 0 Å². The number of amides is 2. The van der Waals surface area contributed by atoms with Gasteiger partial charge in [0.15, 0.2) is 0 Å². The summed E-state index contributed by atoms with van der Waals surface area (Å²) in [7, 11) is 0. The third-order valence-corrected chi connectivity index (χ3v) is 5.81. The van der Waals surface area contributed by atoms with E-state index in [1.54, 1.807) is 13.8 Å². The number of fused-ring (bicyclic) bond motifs is 1. The number of carbonyl (C=O) groups is 3.